The molecule has 0 amide bonds. The second-order valence-electron chi connectivity index (χ2n) is 5.40. The molecule has 0 radical (unpaired) electrons. The van der Waals surface area contributed by atoms with Gasteiger partial charge in [-0.2, -0.15) is 11.8 Å². The van der Waals surface area contributed by atoms with Crippen LogP contribution in [0.3, 0.4) is 0 Å². The fourth-order valence-electron chi connectivity index (χ4n) is 2.36. The molecule has 3 nitrogen and oxygen atoms in total. The summed E-state index contributed by atoms with van der Waals surface area (Å²) in [5.41, 5.74) is 1.29. The van der Waals surface area contributed by atoms with Crippen LogP contribution in [0, 0.1) is 6.92 Å². The second kappa shape index (κ2) is 9.48. The van der Waals surface area contributed by atoms with Crippen molar-refractivity contribution in [1.29, 1.82) is 0 Å². The van der Waals surface area contributed by atoms with Crippen molar-refractivity contribution >= 4 is 11.8 Å². The SMILES string of the molecule is CCCNCc1cc(CN(C)C(CC)CSC)oc1C. The van der Waals surface area contributed by atoms with Crippen LogP contribution in [-0.4, -0.2) is 36.5 Å². The smallest absolute Gasteiger partial charge is 0.118 e. The zero-order valence-electron chi connectivity index (χ0n) is 13.7. The molecular weight excluding hydrogens is 268 g/mol. The van der Waals surface area contributed by atoms with E-state index >= 15 is 0 Å². The number of nitrogens with zero attached hydrogens (tertiary/aromatic N) is 1. The van der Waals surface area contributed by atoms with E-state index in [9.17, 15) is 0 Å². The van der Waals surface area contributed by atoms with Crippen LogP contribution in [0.25, 0.3) is 0 Å². The molecule has 0 aliphatic rings. The van der Waals surface area contributed by atoms with Crippen molar-refractivity contribution < 1.29 is 4.42 Å². The molecule has 1 atom stereocenters. The zero-order chi connectivity index (χ0) is 15.0. The van der Waals surface area contributed by atoms with Crippen molar-refractivity contribution in [2.75, 3.05) is 25.6 Å². The lowest BCUT2D eigenvalue weighted by Gasteiger charge is -2.25. The number of thioether (sulfide) groups is 1. The van der Waals surface area contributed by atoms with Gasteiger partial charge in [0.2, 0.25) is 0 Å². The van der Waals surface area contributed by atoms with Crippen LogP contribution in [0.4, 0.5) is 0 Å². The van der Waals surface area contributed by atoms with Crippen LogP contribution in [0.2, 0.25) is 0 Å². The number of hydrogen-bond donors (Lipinski definition) is 1. The Morgan fingerprint density at radius 3 is 2.75 bits per heavy atom. The third kappa shape index (κ3) is 5.51. The topological polar surface area (TPSA) is 28.4 Å². The normalized spacial score (nSPS) is 13.1. The summed E-state index contributed by atoms with van der Waals surface area (Å²) in [5, 5.41) is 3.44. The monoisotopic (exact) mass is 298 g/mol. The predicted octanol–water partition coefficient (Wildman–Crippen LogP) is 3.66. The number of furan rings is 1. The van der Waals surface area contributed by atoms with Gasteiger partial charge in [-0.15, -0.1) is 0 Å². The van der Waals surface area contributed by atoms with E-state index < -0.39 is 0 Å². The van der Waals surface area contributed by atoms with Crippen LogP contribution in [0.15, 0.2) is 10.5 Å². The quantitative estimate of drug-likeness (QED) is 0.667. The van der Waals surface area contributed by atoms with Crippen molar-refractivity contribution in [3.05, 3.63) is 23.2 Å². The molecule has 1 heterocycles. The van der Waals surface area contributed by atoms with Gasteiger partial charge in [0.15, 0.2) is 0 Å². The van der Waals surface area contributed by atoms with Crippen molar-refractivity contribution in [3.8, 4) is 0 Å². The summed E-state index contributed by atoms with van der Waals surface area (Å²) in [6.45, 7) is 9.37. The maximum Gasteiger partial charge on any atom is 0.118 e. The summed E-state index contributed by atoms with van der Waals surface area (Å²) in [4.78, 5) is 2.40. The summed E-state index contributed by atoms with van der Waals surface area (Å²) in [6, 6.07) is 2.83. The molecule has 1 rings (SSSR count). The molecule has 0 saturated carbocycles. The van der Waals surface area contributed by atoms with Gasteiger partial charge < -0.3 is 9.73 Å². The van der Waals surface area contributed by atoms with Crippen LogP contribution >= 0.6 is 11.8 Å². The van der Waals surface area contributed by atoms with Crippen LogP contribution in [-0.2, 0) is 13.1 Å². The maximum absolute atomic E-state index is 5.90. The van der Waals surface area contributed by atoms with Gasteiger partial charge in [0.05, 0.1) is 6.54 Å². The van der Waals surface area contributed by atoms with E-state index in [1.165, 1.54) is 24.2 Å². The number of hydrogen-bond acceptors (Lipinski definition) is 4. The Hall–Kier alpha value is -0.450. The van der Waals surface area contributed by atoms with Gasteiger partial charge in [-0.25, -0.2) is 0 Å². The average Bonchev–Trinajstić information content (AvgIpc) is 2.76. The Labute approximate surface area is 128 Å². The Bertz CT molecular complexity index is 379. The van der Waals surface area contributed by atoms with Crippen molar-refractivity contribution in [3.63, 3.8) is 0 Å². The molecule has 0 aromatic carbocycles. The van der Waals surface area contributed by atoms with E-state index in [2.05, 4.69) is 50.4 Å². The van der Waals surface area contributed by atoms with Gasteiger partial charge >= 0.3 is 0 Å². The van der Waals surface area contributed by atoms with E-state index in [1.54, 1.807) is 0 Å². The molecule has 0 saturated heterocycles. The Morgan fingerprint density at radius 1 is 1.40 bits per heavy atom. The molecule has 1 aromatic rings. The highest BCUT2D eigenvalue weighted by Crippen LogP contribution is 2.18. The molecular formula is C16H30N2OS. The Morgan fingerprint density at radius 2 is 2.15 bits per heavy atom. The van der Waals surface area contributed by atoms with Crippen molar-refractivity contribution in [2.45, 2.75) is 52.7 Å². The average molecular weight is 298 g/mol. The third-order valence-electron chi connectivity index (χ3n) is 3.67. The first-order chi connectivity index (χ1) is 9.62. The van der Waals surface area contributed by atoms with Crippen molar-refractivity contribution in [1.82, 2.24) is 10.2 Å². The molecule has 0 bridgehead atoms. The standard InChI is InChI=1S/C16H30N2OS/c1-6-8-17-10-14-9-16(19-13(14)3)11-18(4)15(7-2)12-20-5/h9,15,17H,6-8,10-12H2,1-5H3. The van der Waals surface area contributed by atoms with E-state index in [-0.39, 0.29) is 0 Å². The summed E-state index contributed by atoms with van der Waals surface area (Å²) >= 11 is 1.91. The lowest BCUT2D eigenvalue weighted by Crippen LogP contribution is -2.32. The van der Waals surface area contributed by atoms with Gasteiger partial charge in [-0.3, -0.25) is 4.90 Å². The maximum atomic E-state index is 5.90. The summed E-state index contributed by atoms with van der Waals surface area (Å²) in [5.74, 6) is 3.31. The molecule has 4 heteroatoms. The van der Waals surface area contributed by atoms with Gasteiger partial charge in [0.25, 0.3) is 0 Å². The van der Waals surface area contributed by atoms with E-state index in [4.69, 9.17) is 4.42 Å². The number of nitrogens with one attached hydrogen (secondary N) is 1. The van der Waals surface area contributed by atoms with Crippen LogP contribution < -0.4 is 5.32 Å². The highest BCUT2D eigenvalue weighted by Gasteiger charge is 2.15. The van der Waals surface area contributed by atoms with Gasteiger partial charge in [-0.1, -0.05) is 13.8 Å². The molecule has 20 heavy (non-hydrogen) atoms. The third-order valence-corrected chi connectivity index (χ3v) is 4.39. The first kappa shape index (κ1) is 17.6. The molecule has 116 valence electrons. The molecule has 1 unspecified atom stereocenters. The molecule has 1 aromatic heterocycles. The minimum absolute atomic E-state index is 0.622. The van der Waals surface area contributed by atoms with Crippen LogP contribution in [0.5, 0.6) is 0 Å². The van der Waals surface area contributed by atoms with Gasteiger partial charge in [-0.05, 0) is 45.7 Å². The van der Waals surface area contributed by atoms with E-state index in [0.29, 0.717) is 6.04 Å². The molecule has 0 aliphatic heterocycles. The summed E-state index contributed by atoms with van der Waals surface area (Å²) in [6.07, 6.45) is 4.52. The number of rotatable bonds is 10. The zero-order valence-corrected chi connectivity index (χ0v) is 14.5. The first-order valence-electron chi connectivity index (χ1n) is 7.60. The molecule has 0 fully saturated rings. The lowest BCUT2D eigenvalue weighted by molar-refractivity contribution is 0.227. The molecule has 0 aliphatic carbocycles. The fourth-order valence-corrected chi connectivity index (χ4v) is 3.24. The highest BCUT2D eigenvalue weighted by molar-refractivity contribution is 7.98. The van der Waals surface area contributed by atoms with E-state index in [0.717, 1.165) is 31.2 Å². The highest BCUT2D eigenvalue weighted by atomic mass is 32.2. The van der Waals surface area contributed by atoms with Crippen molar-refractivity contribution in [2.24, 2.45) is 0 Å². The fraction of sp³-hybridized carbons (Fsp3) is 0.750. The summed E-state index contributed by atoms with van der Waals surface area (Å²) in [7, 11) is 2.19. The van der Waals surface area contributed by atoms with E-state index in [1.807, 2.05) is 11.8 Å². The second-order valence-corrected chi connectivity index (χ2v) is 6.31. The Balaban J connectivity index is 2.57. The molecule has 1 N–H and O–H groups in total. The van der Waals surface area contributed by atoms with Crippen LogP contribution in [0.1, 0.15) is 43.8 Å². The minimum atomic E-state index is 0.622. The lowest BCUT2D eigenvalue weighted by atomic mass is 10.2. The number of aryl methyl sites for hydroxylation is 1. The van der Waals surface area contributed by atoms with Gasteiger partial charge in [0.1, 0.15) is 11.5 Å². The van der Waals surface area contributed by atoms with Gasteiger partial charge in [0, 0.05) is 23.9 Å². The minimum Gasteiger partial charge on any atom is -0.465 e. The largest absolute Gasteiger partial charge is 0.465 e. The predicted molar refractivity (Wildman–Crippen MR) is 89.4 cm³/mol. The molecule has 0 spiro atoms. The Kier molecular flexibility index (Phi) is 8.34. The first-order valence-corrected chi connectivity index (χ1v) is 8.99. The summed E-state index contributed by atoms with van der Waals surface area (Å²) < 4.78 is 5.90.